The number of aromatic nitrogens is 2. The number of benzene rings is 8. The van der Waals surface area contributed by atoms with Crippen LogP contribution in [0.1, 0.15) is 22.3 Å². The number of hydrogen-bond acceptors (Lipinski definition) is 3. The van der Waals surface area contributed by atoms with Crippen LogP contribution in [-0.2, 0) is 5.41 Å². The Kier molecular flexibility index (Phi) is 7.68. The van der Waals surface area contributed by atoms with Gasteiger partial charge in [0, 0.05) is 26.5 Å². The Morgan fingerprint density at radius 1 is 0.304 bits per heavy atom. The lowest BCUT2D eigenvalue weighted by Crippen LogP contribution is -2.32. The largest absolute Gasteiger partial charge is 0.228 e. The molecule has 262 valence electrons. The summed E-state index contributed by atoms with van der Waals surface area (Å²) in [5.41, 5.74) is 17.2. The van der Waals surface area contributed by atoms with Crippen molar-refractivity contribution < 1.29 is 0 Å². The van der Waals surface area contributed by atoms with Crippen LogP contribution in [0.4, 0.5) is 0 Å². The summed E-state index contributed by atoms with van der Waals surface area (Å²) in [7, 11) is 0. The van der Waals surface area contributed by atoms with Crippen LogP contribution in [0.3, 0.4) is 0 Å². The second-order valence-corrected chi connectivity index (χ2v) is 15.6. The van der Waals surface area contributed by atoms with E-state index in [1.807, 2.05) is 23.9 Å². The van der Waals surface area contributed by atoms with Crippen LogP contribution >= 0.6 is 11.8 Å². The minimum Gasteiger partial charge on any atom is -0.228 e. The van der Waals surface area contributed by atoms with Crippen LogP contribution < -0.4 is 0 Å². The average molecular weight is 731 g/mol. The van der Waals surface area contributed by atoms with E-state index >= 15 is 0 Å². The van der Waals surface area contributed by atoms with Crippen LogP contribution in [-0.4, -0.2) is 9.97 Å². The molecule has 2 heterocycles. The highest BCUT2D eigenvalue weighted by atomic mass is 32.2. The molecule has 1 aromatic heterocycles. The molecule has 0 fully saturated rings. The maximum absolute atomic E-state index is 5.16. The molecule has 1 spiro atoms. The van der Waals surface area contributed by atoms with Crippen LogP contribution in [0.15, 0.2) is 216 Å². The Morgan fingerprint density at radius 3 is 1.38 bits per heavy atom. The van der Waals surface area contributed by atoms with Gasteiger partial charge in [-0.15, -0.1) is 0 Å². The van der Waals surface area contributed by atoms with Crippen molar-refractivity contribution in [1.29, 1.82) is 0 Å². The van der Waals surface area contributed by atoms with Crippen molar-refractivity contribution in [2.45, 2.75) is 15.2 Å². The molecule has 0 unspecified atom stereocenters. The number of hydrogen-bond donors (Lipinski definition) is 0. The fourth-order valence-electron chi connectivity index (χ4n) is 8.79. The van der Waals surface area contributed by atoms with E-state index < -0.39 is 5.41 Å². The summed E-state index contributed by atoms with van der Waals surface area (Å²) in [6, 6.07) is 74.4. The van der Waals surface area contributed by atoms with Crippen LogP contribution in [0.25, 0.3) is 67.3 Å². The molecule has 2 aliphatic rings. The molecule has 11 rings (SSSR count). The number of rotatable bonds is 5. The summed E-state index contributed by atoms with van der Waals surface area (Å²) in [6.45, 7) is 0. The van der Waals surface area contributed by atoms with E-state index in [-0.39, 0.29) is 0 Å². The molecular weight excluding hydrogens is 697 g/mol. The predicted molar refractivity (Wildman–Crippen MR) is 231 cm³/mol. The fourth-order valence-corrected chi connectivity index (χ4v) is 9.97. The second kappa shape index (κ2) is 13.2. The van der Waals surface area contributed by atoms with Crippen LogP contribution in [0.5, 0.6) is 0 Å². The van der Waals surface area contributed by atoms with Crippen molar-refractivity contribution in [2.24, 2.45) is 0 Å². The highest BCUT2D eigenvalue weighted by molar-refractivity contribution is 7.99. The van der Waals surface area contributed by atoms with E-state index in [9.17, 15) is 0 Å². The maximum atomic E-state index is 5.16. The summed E-state index contributed by atoms with van der Waals surface area (Å²) < 4.78 is 0. The van der Waals surface area contributed by atoms with Gasteiger partial charge in [0.25, 0.3) is 0 Å². The van der Waals surface area contributed by atoms with Crippen molar-refractivity contribution in [1.82, 2.24) is 9.97 Å². The van der Waals surface area contributed by atoms with Gasteiger partial charge in [-0.2, -0.15) is 0 Å². The van der Waals surface area contributed by atoms with Gasteiger partial charge in [-0.3, -0.25) is 0 Å². The molecule has 0 radical (unpaired) electrons. The lowest BCUT2D eigenvalue weighted by Gasteiger charge is -2.40. The van der Waals surface area contributed by atoms with Gasteiger partial charge in [0.15, 0.2) is 5.82 Å². The van der Waals surface area contributed by atoms with Crippen molar-refractivity contribution in [3.63, 3.8) is 0 Å². The van der Waals surface area contributed by atoms with Crippen LogP contribution in [0.2, 0.25) is 0 Å². The molecule has 0 atom stereocenters. The third kappa shape index (κ3) is 5.20. The molecule has 0 saturated carbocycles. The zero-order valence-corrected chi connectivity index (χ0v) is 31.2. The number of fused-ring (bicyclic) bond motifs is 9. The standard InChI is InChI=1S/C53H34N2S/c1-3-13-35(14-4-1)36-23-27-39(28-24-36)49-34-48(38-15-5-2-6-16-38)54-52(55-49)40-29-25-37(26-30-40)41-31-32-51-47(33-41)53(46-21-11-12-22-50(46)56-51)44-19-9-7-17-42(44)43-18-8-10-20-45(43)53/h1-34H. The Bertz CT molecular complexity index is 2870. The van der Waals surface area contributed by atoms with Crippen molar-refractivity contribution in [2.75, 3.05) is 0 Å². The summed E-state index contributed by atoms with van der Waals surface area (Å²) in [5.74, 6) is 0.705. The van der Waals surface area contributed by atoms with Crippen molar-refractivity contribution in [3.8, 4) is 67.3 Å². The van der Waals surface area contributed by atoms with Gasteiger partial charge >= 0.3 is 0 Å². The highest BCUT2D eigenvalue weighted by Crippen LogP contribution is 2.62. The van der Waals surface area contributed by atoms with Gasteiger partial charge < -0.3 is 0 Å². The van der Waals surface area contributed by atoms with E-state index in [1.165, 1.54) is 59.9 Å². The quantitative estimate of drug-likeness (QED) is 0.176. The lowest BCUT2D eigenvalue weighted by atomic mass is 9.67. The zero-order chi connectivity index (χ0) is 37.1. The summed E-state index contributed by atoms with van der Waals surface area (Å²) in [5, 5.41) is 0. The normalized spacial score (nSPS) is 13.1. The zero-order valence-electron chi connectivity index (χ0n) is 30.4. The van der Waals surface area contributed by atoms with Crippen LogP contribution in [0, 0.1) is 0 Å². The highest BCUT2D eigenvalue weighted by Gasteiger charge is 2.50. The van der Waals surface area contributed by atoms with E-state index in [4.69, 9.17) is 9.97 Å². The first-order valence-corrected chi connectivity index (χ1v) is 19.9. The van der Waals surface area contributed by atoms with E-state index in [2.05, 4.69) is 194 Å². The molecular formula is C53H34N2S. The molecule has 0 amide bonds. The van der Waals surface area contributed by atoms with Crippen molar-refractivity contribution >= 4 is 11.8 Å². The minimum atomic E-state index is -0.401. The molecule has 1 aliphatic carbocycles. The SMILES string of the molecule is c1ccc(-c2ccc(-c3cc(-c4ccccc4)nc(-c4ccc(-c5ccc6c(c5)C5(c7ccccc7S6)c6ccccc6-c6ccccc65)cc4)n3)cc2)cc1. The smallest absolute Gasteiger partial charge is 0.160 e. The Balaban J connectivity index is 1.01. The fraction of sp³-hybridized carbons (Fsp3) is 0.0189. The second-order valence-electron chi connectivity index (χ2n) is 14.5. The molecule has 1 aliphatic heterocycles. The average Bonchev–Trinajstić information content (AvgIpc) is 3.57. The Hall–Kier alpha value is -6.81. The molecule has 9 aromatic rings. The third-order valence-electron chi connectivity index (χ3n) is 11.4. The van der Waals surface area contributed by atoms with Gasteiger partial charge in [-0.25, -0.2) is 9.97 Å². The van der Waals surface area contributed by atoms with Crippen molar-refractivity contribution in [3.05, 3.63) is 229 Å². The monoisotopic (exact) mass is 730 g/mol. The predicted octanol–water partition coefficient (Wildman–Crippen LogP) is 13.6. The maximum Gasteiger partial charge on any atom is 0.160 e. The molecule has 8 aromatic carbocycles. The third-order valence-corrected chi connectivity index (χ3v) is 12.6. The minimum absolute atomic E-state index is 0.401. The molecule has 2 nitrogen and oxygen atoms in total. The van der Waals surface area contributed by atoms with Gasteiger partial charge in [0.1, 0.15) is 0 Å². The van der Waals surface area contributed by atoms with Gasteiger partial charge in [-0.1, -0.05) is 194 Å². The van der Waals surface area contributed by atoms with Gasteiger partial charge in [0.2, 0.25) is 0 Å². The van der Waals surface area contributed by atoms with E-state index in [0.717, 1.165) is 33.6 Å². The van der Waals surface area contributed by atoms with Gasteiger partial charge in [-0.05, 0) is 79.9 Å². The summed E-state index contributed by atoms with van der Waals surface area (Å²) >= 11 is 1.88. The first-order valence-electron chi connectivity index (χ1n) is 19.1. The van der Waals surface area contributed by atoms with Gasteiger partial charge in [0.05, 0.1) is 16.8 Å². The molecule has 56 heavy (non-hydrogen) atoms. The molecule has 3 heteroatoms. The Morgan fingerprint density at radius 2 is 0.732 bits per heavy atom. The van der Waals surface area contributed by atoms with E-state index in [1.54, 1.807) is 0 Å². The topological polar surface area (TPSA) is 25.8 Å². The summed E-state index contributed by atoms with van der Waals surface area (Å²) in [4.78, 5) is 12.9. The summed E-state index contributed by atoms with van der Waals surface area (Å²) in [6.07, 6.45) is 0. The molecule has 0 N–H and O–H groups in total. The van der Waals surface area contributed by atoms with E-state index in [0.29, 0.717) is 5.82 Å². The first-order chi connectivity index (χ1) is 27.7. The lowest BCUT2D eigenvalue weighted by molar-refractivity contribution is 0.723. The Labute approximate surface area is 331 Å². The number of nitrogens with zero attached hydrogens (tertiary/aromatic N) is 2. The molecule has 0 saturated heterocycles. The first kappa shape index (κ1) is 32.6. The molecule has 0 bridgehead atoms.